The molecule has 150 valence electrons. The van der Waals surface area contributed by atoms with Gasteiger partial charge in [-0.25, -0.2) is 13.2 Å². The summed E-state index contributed by atoms with van der Waals surface area (Å²) in [6.45, 7) is 4.45. The molecule has 0 aromatic heterocycles. The highest BCUT2D eigenvalue weighted by atomic mass is 19.2. The summed E-state index contributed by atoms with van der Waals surface area (Å²) in [5, 5.41) is 3.21. The third-order valence-corrected chi connectivity index (χ3v) is 6.34. The molecule has 2 bridgehead atoms. The molecule has 0 saturated heterocycles. The van der Waals surface area contributed by atoms with Gasteiger partial charge in [-0.3, -0.25) is 4.79 Å². The lowest BCUT2D eigenvalue weighted by atomic mass is 9.69. The number of ketones is 1. The van der Waals surface area contributed by atoms with E-state index in [1.165, 1.54) is 0 Å². The van der Waals surface area contributed by atoms with Crippen molar-refractivity contribution in [2.24, 2.45) is 29.4 Å². The molecule has 0 radical (unpaired) electrons. The van der Waals surface area contributed by atoms with E-state index in [-0.39, 0.29) is 41.7 Å². The summed E-state index contributed by atoms with van der Waals surface area (Å²) in [5.41, 5.74) is 6.45. The van der Waals surface area contributed by atoms with Crippen LogP contribution in [0.2, 0.25) is 0 Å². The van der Waals surface area contributed by atoms with Gasteiger partial charge in [-0.2, -0.15) is 0 Å². The lowest BCUT2D eigenvalue weighted by molar-refractivity contribution is -0.126. The predicted octanol–water partition coefficient (Wildman–Crippen LogP) is 3.59. The van der Waals surface area contributed by atoms with Gasteiger partial charge >= 0.3 is 0 Å². The van der Waals surface area contributed by atoms with Crippen LogP contribution in [0.15, 0.2) is 12.1 Å². The lowest BCUT2D eigenvalue weighted by Gasteiger charge is -2.37. The summed E-state index contributed by atoms with van der Waals surface area (Å²) < 4.78 is 40.5. The minimum atomic E-state index is -1.18. The van der Waals surface area contributed by atoms with E-state index >= 15 is 0 Å². The maximum Gasteiger partial charge on any atom is 0.161 e. The summed E-state index contributed by atoms with van der Waals surface area (Å²) in [6.07, 6.45) is 3.94. The van der Waals surface area contributed by atoms with E-state index in [4.69, 9.17) is 5.73 Å². The second kappa shape index (κ2) is 8.31. The molecule has 27 heavy (non-hydrogen) atoms. The van der Waals surface area contributed by atoms with Crippen molar-refractivity contribution in [1.29, 1.82) is 0 Å². The summed E-state index contributed by atoms with van der Waals surface area (Å²) in [4.78, 5) is 12.6. The van der Waals surface area contributed by atoms with Crippen LogP contribution >= 0.6 is 0 Å². The first kappa shape index (κ1) is 20.3. The van der Waals surface area contributed by atoms with Crippen LogP contribution in [0.1, 0.15) is 45.1 Å². The molecule has 0 aliphatic heterocycles. The van der Waals surface area contributed by atoms with Gasteiger partial charge in [-0.15, -0.1) is 0 Å². The maximum absolute atomic E-state index is 13.9. The summed E-state index contributed by atoms with van der Waals surface area (Å²) in [5.74, 6) is -1.77. The molecule has 5 atom stereocenters. The van der Waals surface area contributed by atoms with Crippen molar-refractivity contribution in [3.05, 3.63) is 35.1 Å². The van der Waals surface area contributed by atoms with Crippen molar-refractivity contribution >= 4 is 5.78 Å². The van der Waals surface area contributed by atoms with Crippen LogP contribution in [0, 0.1) is 41.1 Å². The van der Waals surface area contributed by atoms with Gasteiger partial charge in [-0.1, -0.05) is 13.8 Å². The Morgan fingerprint density at radius 2 is 1.70 bits per heavy atom. The maximum atomic E-state index is 13.9. The van der Waals surface area contributed by atoms with Gasteiger partial charge in [0.1, 0.15) is 11.6 Å². The fourth-order valence-electron chi connectivity index (χ4n) is 5.01. The summed E-state index contributed by atoms with van der Waals surface area (Å²) >= 11 is 0. The van der Waals surface area contributed by atoms with Gasteiger partial charge < -0.3 is 11.1 Å². The Morgan fingerprint density at radius 1 is 1.11 bits per heavy atom. The van der Waals surface area contributed by atoms with Crippen LogP contribution in [-0.4, -0.2) is 24.4 Å². The van der Waals surface area contributed by atoms with Crippen LogP contribution in [0.5, 0.6) is 0 Å². The van der Waals surface area contributed by atoms with Crippen LogP contribution in [0.25, 0.3) is 0 Å². The number of carbonyl (C=O) groups is 1. The average molecular weight is 382 g/mol. The number of nitrogens with two attached hydrogens (primary N) is 1. The molecule has 6 heteroatoms. The Hall–Kier alpha value is -1.40. The molecule has 1 aromatic carbocycles. The summed E-state index contributed by atoms with van der Waals surface area (Å²) in [6, 6.07) is 1.45. The van der Waals surface area contributed by atoms with Crippen LogP contribution < -0.4 is 11.1 Å². The minimum Gasteiger partial charge on any atom is -0.327 e. The normalized spacial score (nSPS) is 28.6. The van der Waals surface area contributed by atoms with Gasteiger partial charge in [-0.05, 0) is 61.5 Å². The number of rotatable bonds is 7. The molecule has 3 nitrogen and oxygen atoms in total. The molecular formula is C21H29F3N2O. The number of hydrogen-bond acceptors (Lipinski definition) is 3. The number of hydrogen-bond donors (Lipinski definition) is 2. The smallest absolute Gasteiger partial charge is 0.161 e. The highest BCUT2D eigenvalue weighted by Crippen LogP contribution is 2.50. The number of Topliss-reactive ketones (excluding diaryl/α,β-unsaturated/α-hetero) is 1. The van der Waals surface area contributed by atoms with Crippen LogP contribution in [0.3, 0.4) is 0 Å². The van der Waals surface area contributed by atoms with Gasteiger partial charge in [0.15, 0.2) is 11.6 Å². The van der Waals surface area contributed by atoms with Gasteiger partial charge in [0.2, 0.25) is 0 Å². The third-order valence-electron chi connectivity index (χ3n) is 6.34. The van der Waals surface area contributed by atoms with E-state index < -0.39 is 17.5 Å². The molecule has 0 heterocycles. The molecule has 2 fully saturated rings. The zero-order valence-corrected chi connectivity index (χ0v) is 16.0. The minimum absolute atomic E-state index is 0.0969. The van der Waals surface area contributed by atoms with Crippen molar-refractivity contribution in [2.75, 3.05) is 6.54 Å². The largest absolute Gasteiger partial charge is 0.327 e. The first-order chi connectivity index (χ1) is 12.8. The molecule has 0 spiro atoms. The second-order valence-electron chi connectivity index (χ2n) is 8.58. The summed E-state index contributed by atoms with van der Waals surface area (Å²) in [7, 11) is 0. The quantitative estimate of drug-likeness (QED) is 0.709. The van der Waals surface area contributed by atoms with E-state index in [2.05, 4.69) is 5.32 Å². The zero-order chi connectivity index (χ0) is 19.7. The molecule has 0 amide bonds. The van der Waals surface area contributed by atoms with Gasteiger partial charge in [0.05, 0.1) is 6.54 Å². The van der Waals surface area contributed by atoms with E-state index in [1.54, 1.807) is 0 Å². The Balaban J connectivity index is 1.62. The Kier molecular flexibility index (Phi) is 6.26. The molecule has 2 aliphatic rings. The third kappa shape index (κ3) is 4.54. The van der Waals surface area contributed by atoms with E-state index in [0.29, 0.717) is 24.4 Å². The lowest BCUT2D eigenvalue weighted by Crippen LogP contribution is -2.43. The fraction of sp³-hybridized carbons (Fsp3) is 0.667. The van der Waals surface area contributed by atoms with Gasteiger partial charge in [0, 0.05) is 24.1 Å². The molecular weight excluding hydrogens is 353 g/mol. The highest BCUT2D eigenvalue weighted by molar-refractivity contribution is 5.84. The first-order valence-corrected chi connectivity index (χ1v) is 9.91. The van der Waals surface area contributed by atoms with E-state index in [0.717, 1.165) is 31.7 Å². The Morgan fingerprint density at radius 3 is 2.30 bits per heavy atom. The number of nitrogens with one attached hydrogen (secondary N) is 1. The van der Waals surface area contributed by atoms with E-state index in [1.807, 2.05) is 13.8 Å². The number of halogens is 3. The Labute approximate surface area is 158 Å². The number of fused-ring (bicyclic) bond motifs is 2. The second-order valence-corrected chi connectivity index (χ2v) is 8.58. The van der Waals surface area contributed by atoms with Crippen LogP contribution in [-0.2, 0) is 11.2 Å². The SMILES string of the molecule is CC(C)NCC(=O)C1[C@@H]2CC[C@H]1CC([C@H](N)Cc1cc(F)c(F)cc1F)C2. The van der Waals surface area contributed by atoms with Crippen molar-refractivity contribution < 1.29 is 18.0 Å². The standard InChI is InChI=1S/C21H29F3N2O/c1-11(2)26-10-20(27)21-12-3-4-13(21)6-15(5-12)19(25)8-14-7-17(23)18(24)9-16(14)22/h7,9,11-13,15,19,21,26H,3-6,8,10,25H2,1-2H3/t12-,13+,15?,19-,21?/m1/s1. The molecule has 3 N–H and O–H groups in total. The van der Waals surface area contributed by atoms with Gasteiger partial charge in [0.25, 0.3) is 0 Å². The fourth-order valence-corrected chi connectivity index (χ4v) is 5.01. The van der Waals surface area contributed by atoms with Crippen molar-refractivity contribution in [3.8, 4) is 0 Å². The van der Waals surface area contributed by atoms with Crippen molar-refractivity contribution in [1.82, 2.24) is 5.32 Å². The zero-order valence-electron chi connectivity index (χ0n) is 16.0. The van der Waals surface area contributed by atoms with Crippen LogP contribution in [0.4, 0.5) is 13.2 Å². The predicted molar refractivity (Wildman–Crippen MR) is 98.6 cm³/mol. The molecule has 2 unspecified atom stereocenters. The molecule has 3 rings (SSSR count). The highest BCUT2D eigenvalue weighted by Gasteiger charge is 2.46. The first-order valence-electron chi connectivity index (χ1n) is 9.91. The molecule has 2 aliphatic carbocycles. The Bertz CT molecular complexity index is 680. The van der Waals surface area contributed by atoms with Crippen molar-refractivity contribution in [3.63, 3.8) is 0 Å². The molecule has 1 aromatic rings. The number of benzene rings is 1. The number of carbonyl (C=O) groups excluding carboxylic acids is 1. The van der Waals surface area contributed by atoms with Crippen molar-refractivity contribution in [2.45, 2.75) is 58.0 Å². The van der Waals surface area contributed by atoms with E-state index in [9.17, 15) is 18.0 Å². The topological polar surface area (TPSA) is 55.1 Å². The monoisotopic (exact) mass is 382 g/mol. The average Bonchev–Trinajstić information content (AvgIpc) is 2.87. The molecule has 2 saturated carbocycles.